The molecular weight excluding hydrogens is 277 g/mol. The van der Waals surface area contributed by atoms with Crippen molar-refractivity contribution < 1.29 is 12.8 Å². The highest BCUT2D eigenvalue weighted by Gasteiger charge is 2.29. The van der Waals surface area contributed by atoms with E-state index >= 15 is 0 Å². The van der Waals surface area contributed by atoms with E-state index in [1.807, 2.05) is 12.1 Å². The predicted molar refractivity (Wildman–Crippen MR) is 79.1 cm³/mol. The first-order valence-corrected chi connectivity index (χ1v) is 9.08. The first kappa shape index (κ1) is 15.4. The van der Waals surface area contributed by atoms with Crippen LogP contribution in [0.4, 0.5) is 4.39 Å². The number of sulfone groups is 1. The molecule has 0 amide bonds. The van der Waals surface area contributed by atoms with Gasteiger partial charge in [-0.3, -0.25) is 4.90 Å². The maximum Gasteiger partial charge on any atom is 0.147 e. The van der Waals surface area contributed by atoms with Gasteiger partial charge < -0.3 is 0 Å². The Balaban J connectivity index is 1.90. The van der Waals surface area contributed by atoms with E-state index in [1.165, 1.54) is 24.0 Å². The molecular formula is C15H22FNO2S. The summed E-state index contributed by atoms with van der Waals surface area (Å²) >= 11 is 0. The number of hydrogen-bond acceptors (Lipinski definition) is 3. The quantitative estimate of drug-likeness (QED) is 0.838. The van der Waals surface area contributed by atoms with E-state index in [1.54, 1.807) is 0 Å². The molecule has 0 aromatic heterocycles. The molecule has 1 aliphatic heterocycles. The smallest absolute Gasteiger partial charge is 0.147 e. The van der Waals surface area contributed by atoms with Gasteiger partial charge in [-0.25, -0.2) is 12.8 Å². The van der Waals surface area contributed by atoms with Crippen LogP contribution in [-0.4, -0.2) is 44.5 Å². The molecule has 112 valence electrons. The van der Waals surface area contributed by atoms with E-state index in [9.17, 15) is 12.8 Å². The summed E-state index contributed by atoms with van der Waals surface area (Å²) in [6.07, 6.45) is 3.01. The van der Waals surface area contributed by atoms with E-state index in [-0.39, 0.29) is 11.6 Å². The molecule has 5 heteroatoms. The zero-order valence-electron chi connectivity index (χ0n) is 12.0. The van der Waals surface area contributed by atoms with Crippen molar-refractivity contribution in [3.8, 4) is 0 Å². The van der Waals surface area contributed by atoms with Crippen molar-refractivity contribution in [3.05, 3.63) is 35.6 Å². The highest BCUT2D eigenvalue weighted by atomic mass is 32.2. The summed E-state index contributed by atoms with van der Waals surface area (Å²) < 4.78 is 35.2. The summed E-state index contributed by atoms with van der Waals surface area (Å²) in [5.74, 6) is 0.464. The van der Waals surface area contributed by atoms with Gasteiger partial charge in [0.05, 0.1) is 5.75 Å². The van der Waals surface area contributed by atoms with Crippen LogP contribution in [-0.2, 0) is 9.84 Å². The normalized spacial score (nSPS) is 24.1. The second kappa shape index (κ2) is 6.22. The Morgan fingerprint density at radius 3 is 2.55 bits per heavy atom. The fraction of sp³-hybridized carbons (Fsp3) is 0.600. The summed E-state index contributed by atoms with van der Waals surface area (Å²) in [7, 11) is -2.87. The number of hydrogen-bond donors (Lipinski definition) is 0. The van der Waals surface area contributed by atoms with E-state index in [4.69, 9.17) is 0 Å². The first-order chi connectivity index (χ1) is 9.35. The molecule has 20 heavy (non-hydrogen) atoms. The fourth-order valence-electron chi connectivity index (χ4n) is 2.92. The second-order valence-electron chi connectivity index (χ2n) is 5.81. The van der Waals surface area contributed by atoms with Crippen molar-refractivity contribution >= 4 is 9.84 Å². The molecule has 2 atom stereocenters. The average molecular weight is 299 g/mol. The van der Waals surface area contributed by atoms with Crippen LogP contribution in [0.15, 0.2) is 24.3 Å². The highest BCUT2D eigenvalue weighted by Crippen LogP contribution is 2.31. The highest BCUT2D eigenvalue weighted by molar-refractivity contribution is 7.90. The van der Waals surface area contributed by atoms with E-state index < -0.39 is 9.84 Å². The van der Waals surface area contributed by atoms with Gasteiger partial charge in [0.15, 0.2) is 0 Å². The third kappa shape index (κ3) is 4.28. The van der Waals surface area contributed by atoms with Gasteiger partial charge in [-0.15, -0.1) is 0 Å². The third-order valence-electron chi connectivity index (χ3n) is 4.01. The van der Waals surface area contributed by atoms with Crippen molar-refractivity contribution in [1.29, 1.82) is 0 Å². The van der Waals surface area contributed by atoms with Gasteiger partial charge in [0.1, 0.15) is 15.7 Å². The van der Waals surface area contributed by atoms with Crippen molar-refractivity contribution in [2.75, 3.05) is 25.1 Å². The van der Waals surface area contributed by atoms with Crippen molar-refractivity contribution in [2.45, 2.75) is 31.7 Å². The zero-order valence-corrected chi connectivity index (χ0v) is 12.9. The lowest BCUT2D eigenvalue weighted by molar-refractivity contribution is 0.268. The van der Waals surface area contributed by atoms with Crippen molar-refractivity contribution in [3.63, 3.8) is 0 Å². The van der Waals surface area contributed by atoms with Gasteiger partial charge in [0.25, 0.3) is 0 Å². The molecule has 0 N–H and O–H groups in total. The zero-order chi connectivity index (χ0) is 14.8. The lowest BCUT2D eigenvalue weighted by Gasteiger charge is -2.20. The summed E-state index contributed by atoms with van der Waals surface area (Å²) in [5, 5.41) is 0. The van der Waals surface area contributed by atoms with Crippen LogP contribution in [0.3, 0.4) is 0 Å². The predicted octanol–water partition coefficient (Wildman–Crippen LogP) is 2.44. The Bertz CT molecular complexity index is 541. The minimum absolute atomic E-state index is 0.204. The molecule has 0 saturated carbocycles. The van der Waals surface area contributed by atoms with Gasteiger partial charge in [0.2, 0.25) is 0 Å². The Morgan fingerprint density at radius 2 is 1.95 bits per heavy atom. The topological polar surface area (TPSA) is 37.4 Å². The Labute approximate surface area is 120 Å². The second-order valence-corrected chi connectivity index (χ2v) is 8.07. The van der Waals surface area contributed by atoms with Gasteiger partial charge in [-0.05, 0) is 49.9 Å². The van der Waals surface area contributed by atoms with E-state index in [0.29, 0.717) is 18.4 Å². The minimum atomic E-state index is -2.87. The molecule has 0 unspecified atom stereocenters. The van der Waals surface area contributed by atoms with Crippen LogP contribution >= 0.6 is 0 Å². The summed E-state index contributed by atoms with van der Waals surface area (Å²) in [6, 6.07) is 7.17. The lowest BCUT2D eigenvalue weighted by Crippen LogP contribution is -2.29. The summed E-state index contributed by atoms with van der Waals surface area (Å²) in [5.41, 5.74) is 1.17. The van der Waals surface area contributed by atoms with Gasteiger partial charge in [0, 0.05) is 18.8 Å². The van der Waals surface area contributed by atoms with Crippen LogP contribution in [0.2, 0.25) is 0 Å². The van der Waals surface area contributed by atoms with Crippen LogP contribution in [0.5, 0.6) is 0 Å². The first-order valence-electron chi connectivity index (χ1n) is 7.02. The van der Waals surface area contributed by atoms with Crippen LogP contribution in [0.1, 0.15) is 31.2 Å². The van der Waals surface area contributed by atoms with E-state index in [2.05, 4.69) is 11.8 Å². The molecule has 1 aliphatic rings. The maximum atomic E-state index is 12.9. The Hall–Kier alpha value is -0.940. The maximum absolute atomic E-state index is 12.9. The molecule has 0 spiro atoms. The standard InChI is InChI=1S/C15H22FNO2S/c1-12-10-14(13-4-6-15(16)7-5-13)11-17(12)8-3-9-20(2,18)19/h4-7,12,14H,3,8-11H2,1-2H3/t12-,14-/m1/s1. The molecule has 1 aromatic carbocycles. The fourth-order valence-corrected chi connectivity index (χ4v) is 3.57. The van der Waals surface area contributed by atoms with E-state index in [0.717, 1.165) is 19.5 Å². The molecule has 0 aliphatic carbocycles. The average Bonchev–Trinajstić information content (AvgIpc) is 2.70. The number of nitrogens with zero attached hydrogens (tertiary/aromatic N) is 1. The molecule has 3 nitrogen and oxygen atoms in total. The van der Waals surface area contributed by atoms with Crippen LogP contribution < -0.4 is 0 Å². The summed E-state index contributed by atoms with van der Waals surface area (Å²) in [6.45, 7) is 3.91. The molecule has 1 heterocycles. The lowest BCUT2D eigenvalue weighted by atomic mass is 9.97. The number of benzene rings is 1. The number of halogens is 1. The minimum Gasteiger partial charge on any atom is -0.300 e. The van der Waals surface area contributed by atoms with Crippen LogP contribution in [0.25, 0.3) is 0 Å². The number of rotatable bonds is 5. The summed E-state index contributed by atoms with van der Waals surface area (Å²) in [4.78, 5) is 2.33. The molecule has 0 radical (unpaired) electrons. The molecule has 1 saturated heterocycles. The van der Waals surface area contributed by atoms with Gasteiger partial charge in [-0.2, -0.15) is 0 Å². The Morgan fingerprint density at radius 1 is 1.30 bits per heavy atom. The number of likely N-dealkylation sites (tertiary alicyclic amines) is 1. The molecule has 1 aromatic rings. The molecule has 1 fully saturated rings. The Kier molecular flexibility index (Phi) is 4.81. The SMILES string of the molecule is C[C@@H]1C[C@@H](c2ccc(F)cc2)CN1CCCS(C)(=O)=O. The van der Waals surface area contributed by atoms with Crippen molar-refractivity contribution in [2.24, 2.45) is 0 Å². The van der Waals surface area contributed by atoms with Gasteiger partial charge >= 0.3 is 0 Å². The third-order valence-corrected chi connectivity index (χ3v) is 5.04. The van der Waals surface area contributed by atoms with Crippen LogP contribution in [0, 0.1) is 5.82 Å². The van der Waals surface area contributed by atoms with Crippen molar-refractivity contribution in [1.82, 2.24) is 4.90 Å². The van der Waals surface area contributed by atoms with Gasteiger partial charge in [-0.1, -0.05) is 12.1 Å². The molecule has 2 rings (SSSR count). The molecule has 0 bridgehead atoms. The largest absolute Gasteiger partial charge is 0.300 e. The monoisotopic (exact) mass is 299 g/mol.